The molecule has 2 saturated heterocycles. The van der Waals surface area contributed by atoms with Crippen LogP contribution in [0.2, 0.25) is 0 Å². The van der Waals surface area contributed by atoms with Crippen LogP contribution in [0.15, 0.2) is 42.7 Å². The zero-order chi connectivity index (χ0) is 16.9. The molecule has 6 nitrogen and oxygen atoms in total. The molecule has 25 heavy (non-hydrogen) atoms. The fourth-order valence-corrected chi connectivity index (χ4v) is 3.66. The van der Waals surface area contributed by atoms with Crippen LogP contribution in [-0.4, -0.2) is 60.3 Å². The molecule has 2 aromatic rings. The summed E-state index contributed by atoms with van der Waals surface area (Å²) in [6, 6.07) is 12.8. The van der Waals surface area contributed by atoms with E-state index >= 15 is 0 Å². The van der Waals surface area contributed by atoms with Crippen molar-refractivity contribution >= 4 is 17.3 Å². The summed E-state index contributed by atoms with van der Waals surface area (Å²) in [5, 5.41) is 3.34. The van der Waals surface area contributed by atoms with E-state index in [2.05, 4.69) is 25.1 Å². The van der Waals surface area contributed by atoms with Crippen LogP contribution in [-0.2, 0) is 4.74 Å². The summed E-state index contributed by atoms with van der Waals surface area (Å²) in [7, 11) is 0. The Labute approximate surface area is 148 Å². The molecule has 0 saturated carbocycles. The summed E-state index contributed by atoms with van der Waals surface area (Å²) in [6.07, 6.45) is 4.02. The Balaban J connectivity index is 1.37. The molecule has 2 aliphatic heterocycles. The predicted molar refractivity (Wildman–Crippen MR) is 99.4 cm³/mol. The third kappa shape index (κ3) is 4.08. The van der Waals surface area contributed by atoms with Gasteiger partial charge in [0.15, 0.2) is 0 Å². The number of para-hydroxylation sites is 1. The molecule has 1 aromatic heterocycles. The molecule has 2 aliphatic rings. The number of aromatic nitrogens is 2. The van der Waals surface area contributed by atoms with Gasteiger partial charge in [-0.15, -0.1) is 0 Å². The molecule has 0 spiro atoms. The van der Waals surface area contributed by atoms with Gasteiger partial charge in [0.05, 0.1) is 13.2 Å². The highest BCUT2D eigenvalue weighted by atomic mass is 16.5. The lowest BCUT2D eigenvalue weighted by atomic mass is 10.0. The number of anilines is 3. The molecule has 0 unspecified atom stereocenters. The number of morpholine rings is 1. The minimum absolute atomic E-state index is 0.684. The van der Waals surface area contributed by atoms with Gasteiger partial charge in [0, 0.05) is 44.0 Å². The van der Waals surface area contributed by atoms with Gasteiger partial charge in [-0.25, -0.2) is 9.97 Å². The quantitative estimate of drug-likeness (QED) is 0.924. The van der Waals surface area contributed by atoms with Gasteiger partial charge in [0.2, 0.25) is 0 Å². The van der Waals surface area contributed by atoms with E-state index in [9.17, 15) is 0 Å². The van der Waals surface area contributed by atoms with Crippen molar-refractivity contribution in [3.8, 4) is 0 Å². The largest absolute Gasteiger partial charge is 0.379 e. The van der Waals surface area contributed by atoms with Crippen LogP contribution in [0.25, 0.3) is 0 Å². The first-order chi connectivity index (χ1) is 12.4. The van der Waals surface area contributed by atoms with E-state index in [1.165, 1.54) is 12.8 Å². The minimum atomic E-state index is 0.684. The highest BCUT2D eigenvalue weighted by Gasteiger charge is 2.26. The molecule has 0 amide bonds. The lowest BCUT2D eigenvalue weighted by Crippen LogP contribution is -2.49. The number of ether oxygens (including phenoxy) is 1. The van der Waals surface area contributed by atoms with Crippen molar-refractivity contribution in [1.82, 2.24) is 14.9 Å². The van der Waals surface area contributed by atoms with E-state index in [1.807, 2.05) is 36.4 Å². The molecule has 0 atom stereocenters. The maximum Gasteiger partial charge on any atom is 0.135 e. The molecule has 132 valence electrons. The first-order valence-electron chi connectivity index (χ1n) is 9.09. The van der Waals surface area contributed by atoms with Crippen LogP contribution in [0, 0.1) is 0 Å². The van der Waals surface area contributed by atoms with Gasteiger partial charge in [-0.05, 0) is 25.0 Å². The van der Waals surface area contributed by atoms with Crippen LogP contribution >= 0.6 is 0 Å². The molecular formula is C19H25N5O. The van der Waals surface area contributed by atoms with Crippen LogP contribution < -0.4 is 10.2 Å². The fraction of sp³-hybridized carbons (Fsp3) is 0.474. The molecule has 1 aromatic carbocycles. The Morgan fingerprint density at radius 1 is 0.960 bits per heavy atom. The number of nitrogens with one attached hydrogen (secondary N) is 1. The summed E-state index contributed by atoms with van der Waals surface area (Å²) >= 11 is 0. The van der Waals surface area contributed by atoms with E-state index in [0.717, 1.165) is 56.7 Å². The first kappa shape index (κ1) is 16.3. The van der Waals surface area contributed by atoms with Gasteiger partial charge in [0.1, 0.15) is 18.0 Å². The molecule has 3 heterocycles. The smallest absolute Gasteiger partial charge is 0.135 e. The molecule has 1 N–H and O–H groups in total. The summed E-state index contributed by atoms with van der Waals surface area (Å²) in [6.45, 7) is 5.99. The fourth-order valence-electron chi connectivity index (χ4n) is 3.66. The maximum atomic E-state index is 5.47. The van der Waals surface area contributed by atoms with Crippen molar-refractivity contribution in [2.75, 3.05) is 49.6 Å². The first-order valence-corrected chi connectivity index (χ1v) is 9.09. The van der Waals surface area contributed by atoms with Crippen molar-refractivity contribution in [3.05, 3.63) is 42.7 Å². The van der Waals surface area contributed by atoms with E-state index in [1.54, 1.807) is 6.33 Å². The Morgan fingerprint density at radius 2 is 1.72 bits per heavy atom. The van der Waals surface area contributed by atoms with Gasteiger partial charge in [-0.2, -0.15) is 0 Å². The second-order valence-corrected chi connectivity index (χ2v) is 6.62. The average Bonchev–Trinajstić information content (AvgIpc) is 2.70. The second kappa shape index (κ2) is 7.80. The lowest BCUT2D eigenvalue weighted by Gasteiger charge is -2.40. The summed E-state index contributed by atoms with van der Waals surface area (Å²) in [5.41, 5.74) is 1.04. The maximum absolute atomic E-state index is 5.47. The summed E-state index contributed by atoms with van der Waals surface area (Å²) in [5.74, 6) is 1.85. The van der Waals surface area contributed by atoms with Gasteiger partial charge in [0.25, 0.3) is 0 Å². The van der Waals surface area contributed by atoms with Crippen molar-refractivity contribution < 1.29 is 4.74 Å². The third-order valence-corrected chi connectivity index (χ3v) is 5.05. The van der Waals surface area contributed by atoms with E-state index < -0.39 is 0 Å². The minimum Gasteiger partial charge on any atom is -0.379 e. The Hall–Kier alpha value is -2.18. The average molecular weight is 339 g/mol. The molecule has 4 rings (SSSR count). The number of benzene rings is 1. The Bertz CT molecular complexity index is 667. The van der Waals surface area contributed by atoms with Crippen molar-refractivity contribution in [3.63, 3.8) is 0 Å². The number of hydrogen-bond acceptors (Lipinski definition) is 6. The van der Waals surface area contributed by atoms with E-state index in [0.29, 0.717) is 6.04 Å². The van der Waals surface area contributed by atoms with E-state index in [4.69, 9.17) is 4.74 Å². The van der Waals surface area contributed by atoms with Crippen molar-refractivity contribution in [2.24, 2.45) is 0 Å². The molecule has 2 fully saturated rings. The molecular weight excluding hydrogens is 314 g/mol. The van der Waals surface area contributed by atoms with Gasteiger partial charge >= 0.3 is 0 Å². The highest BCUT2D eigenvalue weighted by Crippen LogP contribution is 2.24. The number of nitrogens with zero attached hydrogens (tertiary/aromatic N) is 4. The Morgan fingerprint density at radius 3 is 2.48 bits per heavy atom. The van der Waals surface area contributed by atoms with Crippen molar-refractivity contribution in [1.29, 1.82) is 0 Å². The molecule has 6 heteroatoms. The normalized spacial score (nSPS) is 19.8. The summed E-state index contributed by atoms with van der Waals surface area (Å²) < 4.78 is 5.47. The topological polar surface area (TPSA) is 53.5 Å². The van der Waals surface area contributed by atoms with Crippen LogP contribution in [0.4, 0.5) is 17.3 Å². The standard InChI is InChI=1S/C19H25N5O/c1-2-4-16(5-3-1)22-18-14-19(21-15-20-18)24-8-6-17(7-9-24)23-10-12-25-13-11-23/h1-5,14-15,17H,6-13H2,(H,20,21,22). The number of rotatable bonds is 4. The number of hydrogen-bond donors (Lipinski definition) is 1. The number of piperidine rings is 1. The van der Waals surface area contributed by atoms with Gasteiger partial charge < -0.3 is 15.0 Å². The molecule has 0 bridgehead atoms. The zero-order valence-corrected chi connectivity index (χ0v) is 14.5. The van der Waals surface area contributed by atoms with E-state index in [-0.39, 0.29) is 0 Å². The van der Waals surface area contributed by atoms with Crippen molar-refractivity contribution in [2.45, 2.75) is 18.9 Å². The third-order valence-electron chi connectivity index (χ3n) is 5.05. The van der Waals surface area contributed by atoms with Crippen LogP contribution in [0.1, 0.15) is 12.8 Å². The lowest BCUT2D eigenvalue weighted by molar-refractivity contribution is 0.0115. The van der Waals surface area contributed by atoms with Crippen LogP contribution in [0.3, 0.4) is 0 Å². The molecule has 0 radical (unpaired) electrons. The summed E-state index contributed by atoms with van der Waals surface area (Å²) in [4.78, 5) is 13.8. The molecule has 0 aliphatic carbocycles. The predicted octanol–water partition coefficient (Wildman–Crippen LogP) is 2.52. The van der Waals surface area contributed by atoms with Crippen LogP contribution in [0.5, 0.6) is 0 Å². The van der Waals surface area contributed by atoms with Gasteiger partial charge in [-0.1, -0.05) is 18.2 Å². The SMILES string of the molecule is c1ccc(Nc2cc(N3CCC(N4CCOCC4)CC3)ncn2)cc1. The van der Waals surface area contributed by atoms with Gasteiger partial charge in [-0.3, -0.25) is 4.90 Å². The Kier molecular flexibility index (Phi) is 5.09. The monoisotopic (exact) mass is 339 g/mol. The highest BCUT2D eigenvalue weighted by molar-refractivity contribution is 5.59. The zero-order valence-electron chi connectivity index (χ0n) is 14.5. The second-order valence-electron chi connectivity index (χ2n) is 6.62.